The van der Waals surface area contributed by atoms with Crippen molar-refractivity contribution in [1.29, 1.82) is 0 Å². The van der Waals surface area contributed by atoms with E-state index in [1.807, 2.05) is 11.7 Å². The molecule has 0 bridgehead atoms. The molecule has 3 nitrogen and oxygen atoms in total. The molecule has 0 spiro atoms. The van der Waals surface area contributed by atoms with Gasteiger partial charge in [-0.15, -0.1) is 0 Å². The highest BCUT2D eigenvalue weighted by atomic mass is 15.3. The van der Waals surface area contributed by atoms with Gasteiger partial charge in [-0.25, -0.2) is 0 Å². The van der Waals surface area contributed by atoms with Gasteiger partial charge in [0.25, 0.3) is 0 Å². The molecule has 108 valence electrons. The first kappa shape index (κ1) is 14.8. The van der Waals surface area contributed by atoms with E-state index in [0.717, 1.165) is 18.7 Å². The molecule has 0 radical (unpaired) electrons. The molecule has 0 aliphatic carbocycles. The monoisotopic (exact) mass is 271 g/mol. The highest BCUT2D eigenvalue weighted by Crippen LogP contribution is 2.28. The number of hydrogen-bond acceptors (Lipinski definition) is 2. The molecule has 1 atom stereocenters. The molecule has 0 saturated carbocycles. The second-order valence-electron chi connectivity index (χ2n) is 5.52. The third-order valence-electron chi connectivity index (χ3n) is 3.92. The van der Waals surface area contributed by atoms with Crippen molar-refractivity contribution in [3.05, 3.63) is 52.3 Å². The van der Waals surface area contributed by atoms with Crippen LogP contribution < -0.4 is 5.32 Å². The number of nitrogens with zero attached hydrogens (tertiary/aromatic N) is 2. The molecule has 0 fully saturated rings. The number of aryl methyl sites for hydroxylation is 3. The Morgan fingerprint density at radius 2 is 1.95 bits per heavy atom. The van der Waals surface area contributed by atoms with Gasteiger partial charge in [-0.3, -0.25) is 4.68 Å². The van der Waals surface area contributed by atoms with Crippen molar-refractivity contribution in [3.63, 3.8) is 0 Å². The highest BCUT2D eigenvalue weighted by Gasteiger charge is 2.20. The van der Waals surface area contributed by atoms with E-state index in [4.69, 9.17) is 0 Å². The first-order chi connectivity index (χ1) is 9.54. The van der Waals surface area contributed by atoms with Gasteiger partial charge >= 0.3 is 0 Å². The van der Waals surface area contributed by atoms with E-state index >= 15 is 0 Å². The summed E-state index contributed by atoms with van der Waals surface area (Å²) in [5.74, 6) is 0. The molecule has 2 aromatic rings. The molecule has 1 N–H and O–H groups in total. The van der Waals surface area contributed by atoms with E-state index in [-0.39, 0.29) is 6.04 Å². The topological polar surface area (TPSA) is 29.9 Å². The Hall–Kier alpha value is -1.61. The van der Waals surface area contributed by atoms with Crippen LogP contribution in [0.1, 0.15) is 47.3 Å². The van der Waals surface area contributed by atoms with Gasteiger partial charge in [0.2, 0.25) is 0 Å². The van der Waals surface area contributed by atoms with Crippen molar-refractivity contribution >= 4 is 0 Å². The van der Waals surface area contributed by atoms with Crippen LogP contribution in [0.2, 0.25) is 0 Å². The Labute approximate surface area is 122 Å². The molecule has 0 amide bonds. The summed E-state index contributed by atoms with van der Waals surface area (Å²) in [6.45, 7) is 9.67. The summed E-state index contributed by atoms with van der Waals surface area (Å²) in [7, 11) is 1.98. The summed E-state index contributed by atoms with van der Waals surface area (Å²) in [4.78, 5) is 0. The minimum absolute atomic E-state index is 0.226. The quantitative estimate of drug-likeness (QED) is 0.903. The Balaban J connectivity index is 2.47. The number of hydrogen-bond donors (Lipinski definition) is 1. The number of benzene rings is 1. The second kappa shape index (κ2) is 6.23. The zero-order valence-corrected chi connectivity index (χ0v) is 13.2. The molecular weight excluding hydrogens is 246 g/mol. The SMILES string of the molecule is CCCNC(c1cn(C)nc1C)c1cccc(C)c1C. The Morgan fingerprint density at radius 3 is 2.55 bits per heavy atom. The van der Waals surface area contributed by atoms with Gasteiger partial charge < -0.3 is 5.32 Å². The molecule has 3 heteroatoms. The smallest absolute Gasteiger partial charge is 0.0644 e. The third-order valence-corrected chi connectivity index (χ3v) is 3.92. The van der Waals surface area contributed by atoms with Gasteiger partial charge in [0.15, 0.2) is 0 Å². The Bertz CT molecular complexity index is 584. The van der Waals surface area contributed by atoms with Crippen LogP contribution in [0.3, 0.4) is 0 Å². The maximum absolute atomic E-state index is 4.49. The van der Waals surface area contributed by atoms with E-state index < -0.39 is 0 Å². The van der Waals surface area contributed by atoms with Crippen LogP contribution in [0, 0.1) is 20.8 Å². The molecule has 0 saturated heterocycles. The van der Waals surface area contributed by atoms with Gasteiger partial charge in [0, 0.05) is 18.8 Å². The average Bonchev–Trinajstić information content (AvgIpc) is 2.74. The van der Waals surface area contributed by atoms with Crippen molar-refractivity contribution in [2.45, 2.75) is 40.2 Å². The second-order valence-corrected chi connectivity index (χ2v) is 5.52. The van der Waals surface area contributed by atoms with Gasteiger partial charge in [0.05, 0.1) is 11.7 Å². The number of nitrogens with one attached hydrogen (secondary N) is 1. The lowest BCUT2D eigenvalue weighted by atomic mass is 9.93. The standard InChI is InChI=1S/C17H25N3/c1-6-10-18-17(16-11-20(5)19-14(16)4)15-9-7-8-12(2)13(15)3/h7-9,11,17-18H,6,10H2,1-5H3. The van der Waals surface area contributed by atoms with E-state index in [1.54, 1.807) is 0 Å². The van der Waals surface area contributed by atoms with E-state index in [2.05, 4.69) is 62.5 Å². The summed E-state index contributed by atoms with van der Waals surface area (Å²) < 4.78 is 1.90. The lowest BCUT2D eigenvalue weighted by Crippen LogP contribution is -2.24. The van der Waals surface area contributed by atoms with Crippen molar-refractivity contribution in [2.24, 2.45) is 7.05 Å². The zero-order chi connectivity index (χ0) is 14.7. The summed E-state index contributed by atoms with van der Waals surface area (Å²) in [5.41, 5.74) is 6.43. The highest BCUT2D eigenvalue weighted by molar-refractivity contribution is 5.41. The van der Waals surface area contributed by atoms with Crippen LogP contribution >= 0.6 is 0 Å². The van der Waals surface area contributed by atoms with E-state index in [1.165, 1.54) is 22.3 Å². The van der Waals surface area contributed by atoms with Crippen molar-refractivity contribution < 1.29 is 0 Å². The molecule has 1 heterocycles. The van der Waals surface area contributed by atoms with Gasteiger partial charge in [0.1, 0.15) is 0 Å². The van der Waals surface area contributed by atoms with Crippen molar-refractivity contribution in [3.8, 4) is 0 Å². The lowest BCUT2D eigenvalue weighted by molar-refractivity contribution is 0.593. The van der Waals surface area contributed by atoms with Crippen molar-refractivity contribution in [1.82, 2.24) is 15.1 Å². The van der Waals surface area contributed by atoms with Crippen LogP contribution in [0.25, 0.3) is 0 Å². The largest absolute Gasteiger partial charge is 0.306 e. The first-order valence-electron chi connectivity index (χ1n) is 7.34. The maximum Gasteiger partial charge on any atom is 0.0644 e. The lowest BCUT2D eigenvalue weighted by Gasteiger charge is -2.21. The zero-order valence-electron chi connectivity index (χ0n) is 13.2. The summed E-state index contributed by atoms with van der Waals surface area (Å²) >= 11 is 0. The number of aromatic nitrogens is 2. The third kappa shape index (κ3) is 2.93. The average molecular weight is 271 g/mol. The van der Waals surface area contributed by atoms with Crippen LogP contribution in [0.15, 0.2) is 24.4 Å². The molecular formula is C17H25N3. The molecule has 1 unspecified atom stereocenters. The van der Waals surface area contributed by atoms with Crippen molar-refractivity contribution in [2.75, 3.05) is 6.54 Å². The van der Waals surface area contributed by atoms with Crippen LogP contribution in [0.5, 0.6) is 0 Å². The molecule has 1 aromatic heterocycles. The fourth-order valence-electron chi connectivity index (χ4n) is 2.66. The fraction of sp³-hybridized carbons (Fsp3) is 0.471. The molecule has 2 rings (SSSR count). The minimum Gasteiger partial charge on any atom is -0.306 e. The van der Waals surface area contributed by atoms with Crippen LogP contribution in [0.4, 0.5) is 0 Å². The molecule has 20 heavy (non-hydrogen) atoms. The molecule has 0 aliphatic heterocycles. The number of rotatable bonds is 5. The maximum atomic E-state index is 4.49. The Morgan fingerprint density at radius 1 is 1.20 bits per heavy atom. The summed E-state index contributed by atoms with van der Waals surface area (Å²) in [6, 6.07) is 6.77. The summed E-state index contributed by atoms with van der Waals surface area (Å²) in [5, 5.41) is 8.17. The van der Waals surface area contributed by atoms with E-state index in [0.29, 0.717) is 0 Å². The summed E-state index contributed by atoms with van der Waals surface area (Å²) in [6.07, 6.45) is 3.26. The fourth-order valence-corrected chi connectivity index (χ4v) is 2.66. The predicted molar refractivity (Wildman–Crippen MR) is 84.0 cm³/mol. The van der Waals surface area contributed by atoms with Crippen LogP contribution in [-0.2, 0) is 7.05 Å². The van der Waals surface area contributed by atoms with E-state index in [9.17, 15) is 0 Å². The molecule has 1 aromatic carbocycles. The van der Waals surface area contributed by atoms with Crippen LogP contribution in [-0.4, -0.2) is 16.3 Å². The molecule has 0 aliphatic rings. The first-order valence-corrected chi connectivity index (χ1v) is 7.34. The van der Waals surface area contributed by atoms with Gasteiger partial charge in [-0.05, 0) is 50.4 Å². The minimum atomic E-state index is 0.226. The van der Waals surface area contributed by atoms with Gasteiger partial charge in [-0.1, -0.05) is 25.1 Å². The predicted octanol–water partition coefficient (Wildman–Crippen LogP) is 3.43. The normalized spacial score (nSPS) is 12.7. The Kier molecular flexibility index (Phi) is 4.61. The van der Waals surface area contributed by atoms with Gasteiger partial charge in [-0.2, -0.15) is 5.10 Å².